The second kappa shape index (κ2) is 4.37. The molecule has 2 aromatic rings. The topological polar surface area (TPSA) is 37.8 Å². The van der Waals surface area contributed by atoms with Gasteiger partial charge in [0.2, 0.25) is 5.13 Å². The van der Waals surface area contributed by atoms with Gasteiger partial charge >= 0.3 is 0 Å². The molecule has 0 aromatic carbocycles. The second-order valence-electron chi connectivity index (χ2n) is 2.56. The zero-order valence-corrected chi connectivity index (χ0v) is 10.7. The SMILES string of the molecule is CCNc1nc(-c2ccc(Br)s2)ns1. The average molecular weight is 290 g/mol. The third kappa shape index (κ3) is 2.13. The molecule has 3 nitrogen and oxygen atoms in total. The van der Waals surface area contributed by atoms with Crippen LogP contribution in [-0.2, 0) is 0 Å². The van der Waals surface area contributed by atoms with Gasteiger partial charge < -0.3 is 5.32 Å². The average Bonchev–Trinajstić information content (AvgIpc) is 2.74. The van der Waals surface area contributed by atoms with E-state index in [-0.39, 0.29) is 0 Å². The van der Waals surface area contributed by atoms with E-state index in [0.717, 1.165) is 26.2 Å². The fourth-order valence-electron chi connectivity index (χ4n) is 0.981. The molecule has 0 aliphatic carbocycles. The van der Waals surface area contributed by atoms with Gasteiger partial charge in [-0.2, -0.15) is 9.36 Å². The fraction of sp³-hybridized carbons (Fsp3) is 0.250. The number of rotatable bonds is 3. The maximum atomic E-state index is 4.37. The van der Waals surface area contributed by atoms with Gasteiger partial charge in [0.15, 0.2) is 5.82 Å². The number of nitrogens with zero attached hydrogens (tertiary/aromatic N) is 2. The van der Waals surface area contributed by atoms with Crippen molar-refractivity contribution in [2.75, 3.05) is 11.9 Å². The van der Waals surface area contributed by atoms with Crippen molar-refractivity contribution in [3.8, 4) is 10.7 Å². The number of halogens is 1. The molecule has 0 fully saturated rings. The molecule has 14 heavy (non-hydrogen) atoms. The zero-order chi connectivity index (χ0) is 9.97. The van der Waals surface area contributed by atoms with E-state index >= 15 is 0 Å². The van der Waals surface area contributed by atoms with Crippen LogP contribution in [0.3, 0.4) is 0 Å². The summed E-state index contributed by atoms with van der Waals surface area (Å²) >= 11 is 6.46. The molecule has 0 bridgehead atoms. The van der Waals surface area contributed by atoms with Crippen molar-refractivity contribution < 1.29 is 0 Å². The van der Waals surface area contributed by atoms with Crippen LogP contribution in [0, 0.1) is 0 Å². The first kappa shape index (κ1) is 10.1. The molecule has 74 valence electrons. The van der Waals surface area contributed by atoms with E-state index in [0.29, 0.717) is 0 Å². The molecular weight excluding hydrogens is 282 g/mol. The lowest BCUT2D eigenvalue weighted by atomic mass is 10.4. The molecule has 0 amide bonds. The minimum Gasteiger partial charge on any atom is -0.361 e. The van der Waals surface area contributed by atoms with Gasteiger partial charge in [0.05, 0.1) is 8.66 Å². The Morgan fingerprint density at radius 3 is 3.00 bits per heavy atom. The van der Waals surface area contributed by atoms with E-state index in [9.17, 15) is 0 Å². The van der Waals surface area contributed by atoms with Crippen LogP contribution in [0.25, 0.3) is 10.7 Å². The highest BCUT2D eigenvalue weighted by atomic mass is 79.9. The Hall–Kier alpha value is -0.460. The molecule has 0 atom stereocenters. The number of aromatic nitrogens is 2. The van der Waals surface area contributed by atoms with E-state index in [1.807, 2.05) is 19.1 Å². The van der Waals surface area contributed by atoms with E-state index in [1.54, 1.807) is 11.3 Å². The summed E-state index contributed by atoms with van der Waals surface area (Å²) in [6.45, 7) is 2.92. The molecule has 6 heteroatoms. The van der Waals surface area contributed by atoms with Crippen molar-refractivity contribution >= 4 is 43.9 Å². The van der Waals surface area contributed by atoms with Crippen molar-refractivity contribution in [3.63, 3.8) is 0 Å². The summed E-state index contributed by atoms with van der Waals surface area (Å²) in [4.78, 5) is 5.46. The maximum absolute atomic E-state index is 4.37. The molecule has 2 aromatic heterocycles. The molecule has 0 saturated heterocycles. The molecule has 0 spiro atoms. The number of hydrogen-bond acceptors (Lipinski definition) is 5. The molecule has 1 N–H and O–H groups in total. The monoisotopic (exact) mass is 289 g/mol. The van der Waals surface area contributed by atoms with E-state index in [1.165, 1.54) is 11.5 Å². The number of nitrogens with one attached hydrogen (secondary N) is 1. The van der Waals surface area contributed by atoms with Crippen LogP contribution in [-0.4, -0.2) is 15.9 Å². The summed E-state index contributed by atoms with van der Waals surface area (Å²) in [5, 5.41) is 4.02. The van der Waals surface area contributed by atoms with E-state index in [4.69, 9.17) is 0 Å². The molecule has 0 radical (unpaired) electrons. The third-order valence-corrected chi connectivity index (χ3v) is 3.84. The Kier molecular flexibility index (Phi) is 3.15. The minimum atomic E-state index is 0.807. The van der Waals surface area contributed by atoms with Crippen LogP contribution in [0.2, 0.25) is 0 Å². The van der Waals surface area contributed by atoms with Gasteiger partial charge in [0.25, 0.3) is 0 Å². The lowest BCUT2D eigenvalue weighted by molar-refractivity contribution is 1.19. The second-order valence-corrected chi connectivity index (χ2v) is 5.77. The van der Waals surface area contributed by atoms with Crippen molar-refractivity contribution in [2.45, 2.75) is 6.92 Å². The molecule has 0 unspecified atom stereocenters. The third-order valence-electron chi connectivity index (χ3n) is 1.55. The van der Waals surface area contributed by atoms with Crippen LogP contribution >= 0.6 is 38.8 Å². The molecule has 2 rings (SSSR count). The summed E-state index contributed by atoms with van der Waals surface area (Å²) in [6.07, 6.45) is 0. The molecule has 0 aliphatic rings. The van der Waals surface area contributed by atoms with Crippen LogP contribution in [0.1, 0.15) is 6.92 Å². The predicted octanol–water partition coefficient (Wildman–Crippen LogP) is 3.46. The summed E-state index contributed by atoms with van der Waals surface area (Å²) < 4.78 is 5.38. The normalized spacial score (nSPS) is 10.4. The zero-order valence-electron chi connectivity index (χ0n) is 7.45. The van der Waals surface area contributed by atoms with Crippen molar-refractivity contribution in [1.29, 1.82) is 0 Å². The molecule has 0 aliphatic heterocycles. The first-order chi connectivity index (χ1) is 6.79. The summed E-state index contributed by atoms with van der Waals surface area (Å²) in [6, 6.07) is 4.03. The summed E-state index contributed by atoms with van der Waals surface area (Å²) in [5.74, 6) is 0.807. The largest absolute Gasteiger partial charge is 0.361 e. The fourth-order valence-corrected chi connectivity index (χ4v) is 3.01. The van der Waals surface area contributed by atoms with E-state index < -0.39 is 0 Å². The van der Waals surface area contributed by atoms with Gasteiger partial charge in [-0.1, -0.05) is 0 Å². The van der Waals surface area contributed by atoms with Crippen LogP contribution in [0.15, 0.2) is 15.9 Å². The number of hydrogen-bond donors (Lipinski definition) is 1. The van der Waals surface area contributed by atoms with Gasteiger partial charge in [-0.15, -0.1) is 11.3 Å². The Morgan fingerprint density at radius 1 is 1.50 bits per heavy atom. The Morgan fingerprint density at radius 2 is 2.36 bits per heavy atom. The van der Waals surface area contributed by atoms with Crippen molar-refractivity contribution in [3.05, 3.63) is 15.9 Å². The molecule has 2 heterocycles. The van der Waals surface area contributed by atoms with Crippen molar-refractivity contribution in [2.24, 2.45) is 0 Å². The van der Waals surface area contributed by atoms with Crippen LogP contribution < -0.4 is 5.32 Å². The lowest BCUT2D eigenvalue weighted by Crippen LogP contribution is -1.94. The molecule has 0 saturated carbocycles. The first-order valence-electron chi connectivity index (χ1n) is 4.13. The highest BCUT2D eigenvalue weighted by Gasteiger charge is 2.07. The number of thiophene rings is 1. The molecular formula is C8H8BrN3S2. The smallest absolute Gasteiger partial charge is 0.202 e. The van der Waals surface area contributed by atoms with E-state index in [2.05, 4.69) is 30.6 Å². The Labute approximate surface area is 98.5 Å². The van der Waals surface area contributed by atoms with Crippen molar-refractivity contribution in [1.82, 2.24) is 9.36 Å². The summed E-state index contributed by atoms with van der Waals surface area (Å²) in [7, 11) is 0. The lowest BCUT2D eigenvalue weighted by Gasteiger charge is -1.91. The van der Waals surface area contributed by atoms with Crippen LogP contribution in [0.5, 0.6) is 0 Å². The van der Waals surface area contributed by atoms with Gasteiger partial charge in [-0.05, 0) is 35.0 Å². The van der Waals surface area contributed by atoms with Gasteiger partial charge in [-0.3, -0.25) is 0 Å². The Bertz CT molecular complexity index is 424. The first-order valence-corrected chi connectivity index (χ1v) is 6.51. The standard InChI is InChI=1S/C8H8BrN3S2/c1-2-10-8-11-7(12-14-8)5-3-4-6(9)13-5/h3-4H,2H2,1H3,(H,10,11,12). The maximum Gasteiger partial charge on any atom is 0.202 e. The van der Waals surface area contributed by atoms with Gasteiger partial charge in [0, 0.05) is 18.1 Å². The summed E-state index contributed by atoms with van der Waals surface area (Å²) in [5.41, 5.74) is 0. The quantitative estimate of drug-likeness (QED) is 0.940. The highest BCUT2D eigenvalue weighted by Crippen LogP contribution is 2.30. The van der Waals surface area contributed by atoms with Gasteiger partial charge in [0.1, 0.15) is 0 Å². The van der Waals surface area contributed by atoms with Gasteiger partial charge in [-0.25, -0.2) is 0 Å². The highest BCUT2D eigenvalue weighted by molar-refractivity contribution is 9.11. The minimum absolute atomic E-state index is 0.807. The van der Waals surface area contributed by atoms with Crippen LogP contribution in [0.4, 0.5) is 5.13 Å². The number of anilines is 1. The predicted molar refractivity (Wildman–Crippen MR) is 65.1 cm³/mol. The Balaban J connectivity index is 2.24.